The van der Waals surface area contributed by atoms with Gasteiger partial charge < -0.3 is 15.8 Å². The van der Waals surface area contributed by atoms with Crippen molar-refractivity contribution in [1.29, 1.82) is 0 Å². The number of hydrogen-bond donors (Lipinski definition) is 2. The van der Waals surface area contributed by atoms with Gasteiger partial charge in [-0.15, -0.1) is 12.4 Å². The van der Waals surface area contributed by atoms with Crippen molar-refractivity contribution in [3.63, 3.8) is 0 Å². The van der Waals surface area contributed by atoms with E-state index in [0.29, 0.717) is 18.0 Å². The summed E-state index contributed by atoms with van der Waals surface area (Å²) in [4.78, 5) is 12.3. The third-order valence-electron chi connectivity index (χ3n) is 4.52. The second-order valence-electron chi connectivity index (χ2n) is 6.30. The Labute approximate surface area is 149 Å². The largest absolute Gasteiger partial charge is 0.497 e. The second-order valence-corrected chi connectivity index (χ2v) is 6.71. The Balaban J connectivity index is 0.00000264. The minimum atomic E-state index is -0.389. The lowest BCUT2D eigenvalue weighted by atomic mass is 9.74. The molecule has 0 aliphatic heterocycles. The van der Waals surface area contributed by atoms with Crippen LogP contribution in [-0.4, -0.2) is 25.1 Å². The maximum atomic E-state index is 12.3. The third-order valence-corrected chi connectivity index (χ3v) is 4.88. The van der Waals surface area contributed by atoms with Crippen molar-refractivity contribution in [2.24, 2.45) is 11.7 Å². The number of carbonyl (C=O) groups excluding carboxylic acids is 1. The molecule has 130 valence electrons. The van der Waals surface area contributed by atoms with Gasteiger partial charge in [-0.3, -0.25) is 4.79 Å². The normalized spacial score (nSPS) is 23.7. The molecule has 0 radical (unpaired) electrons. The Morgan fingerprint density at radius 1 is 1.48 bits per heavy atom. The van der Waals surface area contributed by atoms with Gasteiger partial charge >= 0.3 is 0 Å². The first-order valence-electron chi connectivity index (χ1n) is 7.83. The van der Waals surface area contributed by atoms with E-state index in [2.05, 4.69) is 5.32 Å². The smallest absolute Gasteiger partial charge is 0.224 e. The molecule has 1 aromatic carbocycles. The van der Waals surface area contributed by atoms with E-state index in [-0.39, 0.29) is 29.8 Å². The third kappa shape index (κ3) is 5.27. The number of nitrogens with two attached hydrogens (primary N) is 1. The van der Waals surface area contributed by atoms with E-state index >= 15 is 0 Å². The van der Waals surface area contributed by atoms with Crippen molar-refractivity contribution in [2.45, 2.75) is 44.6 Å². The van der Waals surface area contributed by atoms with Gasteiger partial charge in [-0.1, -0.05) is 30.5 Å². The van der Waals surface area contributed by atoms with Gasteiger partial charge in [0.15, 0.2) is 0 Å². The van der Waals surface area contributed by atoms with E-state index < -0.39 is 0 Å². The second kappa shape index (κ2) is 8.76. The molecule has 0 aromatic heterocycles. The average molecular weight is 361 g/mol. The monoisotopic (exact) mass is 360 g/mol. The predicted molar refractivity (Wildman–Crippen MR) is 96.5 cm³/mol. The SMILES string of the molecule is COc1ccc(CCNC(=O)C2CCCCC2(C)N)c(Cl)c1.Cl. The van der Waals surface area contributed by atoms with Crippen LogP contribution in [0.1, 0.15) is 38.2 Å². The van der Waals surface area contributed by atoms with Gasteiger partial charge in [0.1, 0.15) is 5.75 Å². The fourth-order valence-electron chi connectivity index (χ4n) is 3.09. The Morgan fingerprint density at radius 2 is 2.22 bits per heavy atom. The van der Waals surface area contributed by atoms with E-state index in [1.54, 1.807) is 13.2 Å². The maximum absolute atomic E-state index is 12.3. The summed E-state index contributed by atoms with van der Waals surface area (Å²) in [6, 6.07) is 5.60. The number of methoxy groups -OCH3 is 1. The van der Waals surface area contributed by atoms with Gasteiger partial charge in [0.25, 0.3) is 0 Å². The molecule has 1 aliphatic carbocycles. The number of rotatable bonds is 5. The molecule has 1 fully saturated rings. The molecule has 0 spiro atoms. The van der Waals surface area contributed by atoms with Crippen molar-refractivity contribution >= 4 is 29.9 Å². The number of ether oxygens (including phenoxy) is 1. The predicted octanol–water partition coefficient (Wildman–Crippen LogP) is 3.34. The number of hydrogen-bond acceptors (Lipinski definition) is 3. The summed E-state index contributed by atoms with van der Waals surface area (Å²) in [5.41, 5.74) is 6.88. The van der Waals surface area contributed by atoms with Gasteiger partial charge in [-0.25, -0.2) is 0 Å². The summed E-state index contributed by atoms with van der Waals surface area (Å²) >= 11 is 6.20. The van der Waals surface area contributed by atoms with Gasteiger partial charge in [0.05, 0.1) is 13.0 Å². The Kier molecular flexibility index (Phi) is 7.65. The average Bonchev–Trinajstić information content (AvgIpc) is 2.48. The van der Waals surface area contributed by atoms with Crippen LogP contribution >= 0.6 is 24.0 Å². The zero-order valence-electron chi connectivity index (χ0n) is 13.7. The zero-order chi connectivity index (χ0) is 16.2. The topological polar surface area (TPSA) is 64.3 Å². The van der Waals surface area contributed by atoms with Crippen LogP contribution in [0.5, 0.6) is 5.75 Å². The fourth-order valence-corrected chi connectivity index (χ4v) is 3.36. The van der Waals surface area contributed by atoms with Crippen LogP contribution in [-0.2, 0) is 11.2 Å². The molecular weight excluding hydrogens is 335 g/mol. The van der Waals surface area contributed by atoms with Crippen LogP contribution in [0.4, 0.5) is 0 Å². The van der Waals surface area contributed by atoms with Crippen LogP contribution in [0.15, 0.2) is 18.2 Å². The van der Waals surface area contributed by atoms with Crippen molar-refractivity contribution in [3.05, 3.63) is 28.8 Å². The highest BCUT2D eigenvalue weighted by Crippen LogP contribution is 2.31. The lowest BCUT2D eigenvalue weighted by Crippen LogP contribution is -2.53. The molecule has 23 heavy (non-hydrogen) atoms. The molecule has 0 saturated heterocycles. The van der Waals surface area contributed by atoms with E-state index in [0.717, 1.165) is 37.0 Å². The van der Waals surface area contributed by atoms with Crippen LogP contribution in [0.25, 0.3) is 0 Å². The first kappa shape index (κ1) is 20.1. The molecule has 3 N–H and O–H groups in total. The summed E-state index contributed by atoms with van der Waals surface area (Å²) in [5.74, 6) is 0.709. The summed E-state index contributed by atoms with van der Waals surface area (Å²) in [5, 5.41) is 3.67. The summed E-state index contributed by atoms with van der Waals surface area (Å²) in [6.07, 6.45) is 4.67. The molecule has 2 rings (SSSR count). The van der Waals surface area contributed by atoms with Crippen LogP contribution in [0.2, 0.25) is 5.02 Å². The standard InChI is InChI=1S/C17H25ClN2O2.ClH/c1-17(19)9-4-3-5-14(17)16(21)20-10-8-12-6-7-13(22-2)11-15(12)18;/h6-7,11,14H,3-5,8-10,19H2,1-2H3,(H,20,21);1H. The summed E-state index contributed by atoms with van der Waals surface area (Å²) in [6.45, 7) is 2.55. The van der Waals surface area contributed by atoms with Gasteiger partial charge in [-0.2, -0.15) is 0 Å². The quantitative estimate of drug-likeness (QED) is 0.846. The molecule has 1 amide bonds. The van der Waals surface area contributed by atoms with Crippen LogP contribution in [0, 0.1) is 5.92 Å². The first-order valence-corrected chi connectivity index (χ1v) is 8.21. The molecule has 2 atom stereocenters. The minimum absolute atomic E-state index is 0. The van der Waals surface area contributed by atoms with E-state index in [4.69, 9.17) is 22.1 Å². The number of carbonyl (C=O) groups is 1. The van der Waals surface area contributed by atoms with Gasteiger partial charge in [0.2, 0.25) is 5.91 Å². The number of amides is 1. The highest BCUT2D eigenvalue weighted by atomic mass is 35.5. The number of nitrogens with one attached hydrogen (secondary N) is 1. The van der Waals surface area contributed by atoms with Gasteiger partial charge in [0, 0.05) is 17.1 Å². The highest BCUT2D eigenvalue weighted by Gasteiger charge is 2.37. The number of benzene rings is 1. The lowest BCUT2D eigenvalue weighted by Gasteiger charge is -2.37. The van der Waals surface area contributed by atoms with E-state index in [9.17, 15) is 4.79 Å². The zero-order valence-corrected chi connectivity index (χ0v) is 15.3. The molecule has 1 aromatic rings. The molecule has 1 aliphatic rings. The van der Waals surface area contributed by atoms with Crippen molar-refractivity contribution < 1.29 is 9.53 Å². The number of halogens is 2. The first-order chi connectivity index (χ1) is 10.4. The van der Waals surface area contributed by atoms with E-state index in [1.165, 1.54) is 0 Å². The minimum Gasteiger partial charge on any atom is -0.497 e. The van der Waals surface area contributed by atoms with E-state index in [1.807, 2.05) is 19.1 Å². The molecule has 1 saturated carbocycles. The molecule has 0 heterocycles. The van der Waals surface area contributed by atoms with Gasteiger partial charge in [-0.05, 0) is 43.9 Å². The highest BCUT2D eigenvalue weighted by molar-refractivity contribution is 6.31. The Morgan fingerprint density at radius 3 is 2.83 bits per heavy atom. The molecular formula is C17H26Cl2N2O2. The maximum Gasteiger partial charge on any atom is 0.224 e. The van der Waals surface area contributed by atoms with Crippen LogP contribution in [0.3, 0.4) is 0 Å². The molecule has 4 nitrogen and oxygen atoms in total. The molecule has 0 bridgehead atoms. The summed E-state index contributed by atoms with van der Waals surface area (Å²) < 4.78 is 5.13. The van der Waals surface area contributed by atoms with Crippen LogP contribution < -0.4 is 15.8 Å². The lowest BCUT2D eigenvalue weighted by molar-refractivity contribution is -0.128. The molecule has 6 heteroatoms. The Hall–Kier alpha value is -0.970. The Bertz CT molecular complexity index is 535. The van der Waals surface area contributed by atoms with Crippen molar-refractivity contribution in [1.82, 2.24) is 5.32 Å². The fraction of sp³-hybridized carbons (Fsp3) is 0.588. The van der Waals surface area contributed by atoms with Crippen molar-refractivity contribution in [2.75, 3.05) is 13.7 Å². The summed E-state index contributed by atoms with van der Waals surface area (Å²) in [7, 11) is 1.61. The molecule has 2 unspecified atom stereocenters. The van der Waals surface area contributed by atoms with Crippen molar-refractivity contribution in [3.8, 4) is 5.75 Å².